The summed E-state index contributed by atoms with van der Waals surface area (Å²) in [7, 11) is -3.52. The van der Waals surface area contributed by atoms with Crippen molar-refractivity contribution >= 4 is 50.0 Å². The van der Waals surface area contributed by atoms with Crippen LogP contribution in [0.1, 0.15) is 9.67 Å². The summed E-state index contributed by atoms with van der Waals surface area (Å²) in [5, 5.41) is 4.13. The zero-order valence-electron chi connectivity index (χ0n) is 8.92. The van der Waals surface area contributed by atoms with Crippen LogP contribution in [0.25, 0.3) is 0 Å². The fraction of sp³-hybridized carbons (Fsp3) is 0.100. The summed E-state index contributed by atoms with van der Waals surface area (Å²) in [6.45, 7) is 0. The molecule has 0 aromatic carbocycles. The molecule has 96 valence electrons. The molecule has 18 heavy (non-hydrogen) atoms. The third-order valence-corrected chi connectivity index (χ3v) is 6.20. The lowest BCUT2D eigenvalue weighted by atomic mass is 10.4. The van der Waals surface area contributed by atoms with Crippen molar-refractivity contribution in [1.82, 2.24) is 5.32 Å². The summed E-state index contributed by atoms with van der Waals surface area (Å²) >= 11 is 7.91. The standard InChI is InChI=1S/C10H8ClNO3S3/c11-8-3-4-9(17-8)18(14,15)6-12-10(13)7-2-1-5-16-7/h1-5H,6H2,(H,12,13). The smallest absolute Gasteiger partial charge is 0.262 e. The van der Waals surface area contributed by atoms with E-state index in [1.165, 1.54) is 23.5 Å². The summed E-state index contributed by atoms with van der Waals surface area (Å²) in [5.41, 5.74) is 0. The van der Waals surface area contributed by atoms with E-state index >= 15 is 0 Å². The van der Waals surface area contributed by atoms with Crippen molar-refractivity contribution in [2.75, 3.05) is 5.88 Å². The van der Waals surface area contributed by atoms with E-state index in [9.17, 15) is 13.2 Å². The van der Waals surface area contributed by atoms with Crippen LogP contribution in [0.15, 0.2) is 33.9 Å². The van der Waals surface area contributed by atoms with Gasteiger partial charge in [0.05, 0.1) is 9.21 Å². The van der Waals surface area contributed by atoms with E-state index in [2.05, 4.69) is 5.32 Å². The molecular formula is C10H8ClNO3S3. The van der Waals surface area contributed by atoms with Crippen molar-refractivity contribution < 1.29 is 13.2 Å². The van der Waals surface area contributed by atoms with Gasteiger partial charge in [-0.25, -0.2) is 8.42 Å². The topological polar surface area (TPSA) is 63.2 Å². The van der Waals surface area contributed by atoms with Gasteiger partial charge in [-0.15, -0.1) is 22.7 Å². The SMILES string of the molecule is O=C(NCS(=O)(=O)c1ccc(Cl)s1)c1cccs1. The Morgan fingerprint density at radius 2 is 2.11 bits per heavy atom. The summed E-state index contributed by atoms with van der Waals surface area (Å²) in [5.74, 6) is -0.822. The number of amides is 1. The minimum Gasteiger partial charge on any atom is -0.337 e. The Balaban J connectivity index is 2.04. The van der Waals surface area contributed by atoms with Gasteiger partial charge in [-0.05, 0) is 23.6 Å². The zero-order chi connectivity index (χ0) is 13.2. The number of hydrogen-bond donors (Lipinski definition) is 1. The number of sulfone groups is 1. The number of carbonyl (C=O) groups excluding carboxylic acids is 1. The molecule has 0 aliphatic heterocycles. The number of hydrogen-bond acceptors (Lipinski definition) is 5. The van der Waals surface area contributed by atoms with Gasteiger partial charge in [-0.1, -0.05) is 17.7 Å². The van der Waals surface area contributed by atoms with Gasteiger partial charge in [0.1, 0.15) is 10.1 Å². The molecule has 0 saturated heterocycles. The first-order valence-corrected chi connectivity index (χ1v) is 8.51. The molecule has 2 heterocycles. The average molecular weight is 322 g/mol. The second-order valence-corrected chi connectivity index (χ2v) is 8.18. The molecular weight excluding hydrogens is 314 g/mol. The number of rotatable bonds is 4. The lowest BCUT2D eigenvalue weighted by molar-refractivity contribution is 0.0964. The van der Waals surface area contributed by atoms with E-state index in [4.69, 9.17) is 11.6 Å². The lowest BCUT2D eigenvalue weighted by Crippen LogP contribution is -2.28. The summed E-state index contributed by atoms with van der Waals surface area (Å²) in [6.07, 6.45) is 0. The fourth-order valence-electron chi connectivity index (χ4n) is 1.19. The first-order valence-electron chi connectivity index (χ1n) is 4.79. The van der Waals surface area contributed by atoms with Gasteiger partial charge < -0.3 is 5.32 Å². The van der Waals surface area contributed by atoms with E-state index in [0.29, 0.717) is 9.21 Å². The monoisotopic (exact) mass is 321 g/mol. The summed E-state index contributed by atoms with van der Waals surface area (Å²) in [6, 6.07) is 6.31. The van der Waals surface area contributed by atoms with E-state index in [1.807, 2.05) is 0 Å². The third kappa shape index (κ3) is 3.11. The minimum atomic E-state index is -3.52. The van der Waals surface area contributed by atoms with Crippen LogP contribution >= 0.6 is 34.3 Å². The molecule has 0 aliphatic carbocycles. The van der Waals surface area contributed by atoms with Gasteiger partial charge >= 0.3 is 0 Å². The Morgan fingerprint density at radius 3 is 2.67 bits per heavy atom. The van der Waals surface area contributed by atoms with E-state index < -0.39 is 21.6 Å². The van der Waals surface area contributed by atoms with Crippen LogP contribution in [0.5, 0.6) is 0 Å². The maximum absolute atomic E-state index is 11.9. The number of halogens is 1. The van der Waals surface area contributed by atoms with Crippen LogP contribution in [0.4, 0.5) is 0 Å². The number of carbonyl (C=O) groups is 1. The van der Waals surface area contributed by atoms with Gasteiger partial charge in [0.2, 0.25) is 9.84 Å². The highest BCUT2D eigenvalue weighted by atomic mass is 35.5. The molecule has 0 unspecified atom stereocenters. The molecule has 0 fully saturated rings. The number of nitrogens with one attached hydrogen (secondary N) is 1. The van der Waals surface area contributed by atoms with Gasteiger partial charge in [-0.3, -0.25) is 4.79 Å². The predicted octanol–water partition coefficient (Wildman–Crippen LogP) is 2.62. The van der Waals surface area contributed by atoms with E-state index in [0.717, 1.165) is 11.3 Å². The fourth-order valence-corrected chi connectivity index (χ4v) is 4.44. The largest absolute Gasteiger partial charge is 0.337 e. The molecule has 0 saturated carbocycles. The molecule has 0 spiro atoms. The second-order valence-electron chi connectivity index (χ2n) is 3.30. The Labute approximate surface area is 117 Å². The van der Waals surface area contributed by atoms with Crippen LogP contribution in [-0.2, 0) is 9.84 Å². The Hall–Kier alpha value is -0.890. The van der Waals surface area contributed by atoms with Crippen LogP contribution in [0.3, 0.4) is 0 Å². The molecule has 0 atom stereocenters. The molecule has 1 amide bonds. The number of thiophene rings is 2. The maximum Gasteiger partial charge on any atom is 0.262 e. The van der Waals surface area contributed by atoms with Gasteiger partial charge in [0.15, 0.2) is 0 Å². The van der Waals surface area contributed by atoms with Crippen LogP contribution in [0.2, 0.25) is 4.34 Å². The third-order valence-electron chi connectivity index (χ3n) is 2.02. The van der Waals surface area contributed by atoms with Crippen LogP contribution in [0, 0.1) is 0 Å². The Kier molecular flexibility index (Phi) is 4.06. The summed E-state index contributed by atoms with van der Waals surface area (Å²) in [4.78, 5) is 12.1. The van der Waals surface area contributed by atoms with Crippen molar-refractivity contribution in [2.45, 2.75) is 4.21 Å². The van der Waals surface area contributed by atoms with Gasteiger partial charge in [0.25, 0.3) is 5.91 Å². The van der Waals surface area contributed by atoms with Crippen LogP contribution < -0.4 is 5.32 Å². The molecule has 2 aromatic heterocycles. The second kappa shape index (κ2) is 5.40. The Morgan fingerprint density at radius 1 is 1.33 bits per heavy atom. The highest BCUT2D eigenvalue weighted by Gasteiger charge is 2.18. The maximum atomic E-state index is 11.9. The molecule has 0 radical (unpaired) electrons. The predicted molar refractivity (Wildman–Crippen MR) is 73.2 cm³/mol. The van der Waals surface area contributed by atoms with Crippen molar-refractivity contribution in [1.29, 1.82) is 0 Å². The highest BCUT2D eigenvalue weighted by molar-refractivity contribution is 7.93. The minimum absolute atomic E-state index is 0.152. The molecule has 1 N–H and O–H groups in total. The molecule has 2 aromatic rings. The van der Waals surface area contributed by atoms with Crippen molar-refractivity contribution in [3.05, 3.63) is 38.9 Å². The van der Waals surface area contributed by atoms with Gasteiger partial charge in [0, 0.05) is 0 Å². The highest BCUT2D eigenvalue weighted by Crippen LogP contribution is 2.26. The molecule has 4 nitrogen and oxygen atoms in total. The first kappa shape index (κ1) is 13.5. The van der Waals surface area contributed by atoms with Gasteiger partial charge in [-0.2, -0.15) is 0 Å². The van der Waals surface area contributed by atoms with Crippen LogP contribution in [-0.4, -0.2) is 20.2 Å². The molecule has 0 bridgehead atoms. The zero-order valence-corrected chi connectivity index (χ0v) is 12.1. The van der Waals surface area contributed by atoms with Crippen molar-refractivity contribution in [2.24, 2.45) is 0 Å². The molecule has 8 heteroatoms. The summed E-state index contributed by atoms with van der Waals surface area (Å²) < 4.78 is 24.3. The Bertz CT molecular complexity index is 646. The average Bonchev–Trinajstić information content (AvgIpc) is 2.96. The van der Waals surface area contributed by atoms with Crippen molar-refractivity contribution in [3.63, 3.8) is 0 Å². The van der Waals surface area contributed by atoms with Crippen molar-refractivity contribution in [3.8, 4) is 0 Å². The van der Waals surface area contributed by atoms with E-state index in [1.54, 1.807) is 17.5 Å². The molecule has 0 aliphatic rings. The normalized spacial score (nSPS) is 11.4. The quantitative estimate of drug-likeness (QED) is 0.941. The lowest BCUT2D eigenvalue weighted by Gasteiger charge is -2.03. The molecule has 2 rings (SSSR count). The first-order chi connectivity index (χ1) is 8.49. The van der Waals surface area contributed by atoms with E-state index in [-0.39, 0.29) is 4.21 Å².